The third kappa shape index (κ3) is 3.06. The fraction of sp³-hybridized carbons (Fsp3) is 0.200. The highest BCUT2D eigenvalue weighted by Crippen LogP contribution is 2.28. The fourth-order valence-corrected chi connectivity index (χ4v) is 3.29. The van der Waals surface area contributed by atoms with E-state index in [0.29, 0.717) is 11.6 Å². The van der Waals surface area contributed by atoms with E-state index >= 15 is 0 Å². The predicted octanol–water partition coefficient (Wildman–Crippen LogP) is 3.07. The van der Waals surface area contributed by atoms with Gasteiger partial charge in [0.2, 0.25) is 5.91 Å². The number of hydrogen-bond donors (Lipinski definition) is 3. The van der Waals surface area contributed by atoms with Crippen molar-refractivity contribution in [3.8, 4) is 22.4 Å². The maximum atomic E-state index is 11.6. The molecule has 2 aromatic carbocycles. The zero-order valence-corrected chi connectivity index (χ0v) is 13.8. The highest BCUT2D eigenvalue weighted by atomic mass is 16.1. The van der Waals surface area contributed by atoms with Crippen LogP contribution in [0.2, 0.25) is 0 Å². The molecule has 0 bridgehead atoms. The van der Waals surface area contributed by atoms with Crippen LogP contribution in [0.25, 0.3) is 22.4 Å². The molecule has 1 fully saturated rings. The lowest BCUT2D eigenvalue weighted by Crippen LogP contribution is -2.14. The van der Waals surface area contributed by atoms with Crippen LogP contribution < -0.4 is 11.1 Å². The summed E-state index contributed by atoms with van der Waals surface area (Å²) in [4.78, 5) is 19.5. The summed E-state index contributed by atoms with van der Waals surface area (Å²) in [5.74, 6) is 0.521. The van der Waals surface area contributed by atoms with Crippen molar-refractivity contribution < 1.29 is 4.79 Å². The van der Waals surface area contributed by atoms with Gasteiger partial charge in [-0.15, -0.1) is 0 Å². The zero-order chi connectivity index (χ0) is 17.2. The number of hydrogen-bond acceptors (Lipinski definition) is 3. The number of aromatic amines is 1. The molecule has 4 rings (SSSR count). The number of nitrogens with two attached hydrogens (primary N) is 1. The molecule has 1 radical (unpaired) electrons. The largest absolute Gasteiger partial charge is 0.366 e. The number of carbonyl (C=O) groups excluding carboxylic acids is 1. The third-order valence-corrected chi connectivity index (χ3v) is 4.60. The van der Waals surface area contributed by atoms with E-state index < -0.39 is 5.91 Å². The van der Waals surface area contributed by atoms with Crippen molar-refractivity contribution in [2.75, 3.05) is 6.54 Å². The average molecular weight is 331 g/mol. The number of nitrogens with zero attached hydrogens (tertiary/aromatic N) is 1. The molecule has 1 atom stereocenters. The number of imidazole rings is 1. The molecule has 0 aliphatic carbocycles. The molecule has 1 aliphatic rings. The second kappa shape index (κ2) is 6.53. The molecule has 3 aromatic rings. The standard InChI is InChI=1S/C20H19N4O/c21-19(25)16-5-2-1-4-15(16)13-7-9-14(10-8-13)18-12-23-20(24-18)17-6-3-11-22-17/h1-2,4,7-10,12,17,22H,3,6,11H2,(H2,21,25)(H,23,24). The Hall–Kier alpha value is -2.92. The van der Waals surface area contributed by atoms with Crippen molar-refractivity contribution in [1.82, 2.24) is 15.3 Å². The summed E-state index contributed by atoms with van der Waals surface area (Å²) in [5, 5.41) is 3.44. The third-order valence-electron chi connectivity index (χ3n) is 4.60. The second-order valence-electron chi connectivity index (χ2n) is 6.23. The molecule has 25 heavy (non-hydrogen) atoms. The van der Waals surface area contributed by atoms with E-state index in [4.69, 9.17) is 5.73 Å². The molecular formula is C20H19N4O. The zero-order valence-electron chi connectivity index (χ0n) is 13.8. The minimum atomic E-state index is -0.470. The summed E-state index contributed by atoms with van der Waals surface area (Å²) in [6, 6.07) is 16.7. The molecule has 1 unspecified atom stereocenters. The van der Waals surface area contributed by atoms with Crippen molar-refractivity contribution in [2.45, 2.75) is 18.9 Å². The number of H-pyrrole nitrogens is 1. The first-order valence-corrected chi connectivity index (χ1v) is 8.42. The SMILES string of the molecule is NC(=O)c1[c]cccc1-c1ccc(-c2cnc(C3CCCN3)[nH]2)cc1. The monoisotopic (exact) mass is 331 g/mol. The van der Waals surface area contributed by atoms with Crippen LogP contribution in [0.15, 0.2) is 48.7 Å². The number of carbonyl (C=O) groups is 1. The maximum absolute atomic E-state index is 11.6. The van der Waals surface area contributed by atoms with E-state index in [1.807, 2.05) is 42.6 Å². The first-order chi connectivity index (χ1) is 12.2. The minimum absolute atomic E-state index is 0.325. The average Bonchev–Trinajstić information content (AvgIpc) is 3.33. The fourth-order valence-electron chi connectivity index (χ4n) is 3.29. The van der Waals surface area contributed by atoms with Gasteiger partial charge in [-0.25, -0.2) is 4.98 Å². The number of benzene rings is 2. The van der Waals surface area contributed by atoms with Gasteiger partial charge in [-0.3, -0.25) is 4.79 Å². The second-order valence-corrected chi connectivity index (χ2v) is 6.23. The van der Waals surface area contributed by atoms with Gasteiger partial charge >= 0.3 is 0 Å². The highest BCUT2D eigenvalue weighted by molar-refractivity contribution is 5.99. The number of rotatable bonds is 4. The molecule has 0 spiro atoms. The van der Waals surface area contributed by atoms with E-state index in [0.717, 1.165) is 41.2 Å². The molecular weight excluding hydrogens is 312 g/mol. The van der Waals surface area contributed by atoms with E-state index in [2.05, 4.69) is 21.4 Å². The first kappa shape index (κ1) is 15.6. The van der Waals surface area contributed by atoms with Gasteiger partial charge in [-0.2, -0.15) is 0 Å². The lowest BCUT2D eigenvalue weighted by Gasteiger charge is -2.08. The number of amides is 1. The Kier molecular flexibility index (Phi) is 4.07. The lowest BCUT2D eigenvalue weighted by molar-refractivity contribution is 0.100. The molecule has 1 aromatic heterocycles. The molecule has 2 heterocycles. The lowest BCUT2D eigenvalue weighted by atomic mass is 9.98. The van der Waals surface area contributed by atoms with Crippen LogP contribution in [0.4, 0.5) is 0 Å². The topological polar surface area (TPSA) is 83.8 Å². The van der Waals surface area contributed by atoms with Crippen molar-refractivity contribution in [3.05, 3.63) is 66.1 Å². The normalized spacial score (nSPS) is 16.9. The van der Waals surface area contributed by atoms with Gasteiger partial charge in [0.1, 0.15) is 5.82 Å². The van der Waals surface area contributed by atoms with Gasteiger partial charge in [0.25, 0.3) is 0 Å². The number of nitrogens with one attached hydrogen (secondary N) is 2. The van der Waals surface area contributed by atoms with Gasteiger partial charge in [0.05, 0.1) is 23.5 Å². The summed E-state index contributed by atoms with van der Waals surface area (Å²) < 4.78 is 0. The van der Waals surface area contributed by atoms with Gasteiger partial charge < -0.3 is 16.0 Å². The Bertz CT molecular complexity index is 892. The Balaban J connectivity index is 1.61. The van der Waals surface area contributed by atoms with Crippen LogP contribution in [0, 0.1) is 6.07 Å². The first-order valence-electron chi connectivity index (χ1n) is 8.42. The predicted molar refractivity (Wildman–Crippen MR) is 96.8 cm³/mol. The Morgan fingerprint density at radius 2 is 2.00 bits per heavy atom. The summed E-state index contributed by atoms with van der Waals surface area (Å²) in [6.45, 7) is 1.05. The van der Waals surface area contributed by atoms with Crippen LogP contribution in [0.5, 0.6) is 0 Å². The van der Waals surface area contributed by atoms with Crippen LogP contribution >= 0.6 is 0 Å². The summed E-state index contributed by atoms with van der Waals surface area (Å²) in [6.07, 6.45) is 4.17. The Morgan fingerprint density at radius 1 is 1.20 bits per heavy atom. The van der Waals surface area contributed by atoms with Crippen LogP contribution in [0.3, 0.4) is 0 Å². The quantitative estimate of drug-likeness (QED) is 0.687. The minimum Gasteiger partial charge on any atom is -0.366 e. The van der Waals surface area contributed by atoms with Crippen molar-refractivity contribution in [2.24, 2.45) is 5.73 Å². The van der Waals surface area contributed by atoms with E-state index in [1.165, 1.54) is 6.42 Å². The Labute approximate surface area is 146 Å². The van der Waals surface area contributed by atoms with Crippen LogP contribution in [0.1, 0.15) is 35.1 Å². The molecule has 4 N–H and O–H groups in total. The molecule has 0 saturated carbocycles. The van der Waals surface area contributed by atoms with Crippen molar-refractivity contribution in [3.63, 3.8) is 0 Å². The highest BCUT2D eigenvalue weighted by Gasteiger charge is 2.19. The van der Waals surface area contributed by atoms with Crippen molar-refractivity contribution >= 4 is 5.91 Å². The van der Waals surface area contributed by atoms with E-state index in [-0.39, 0.29) is 0 Å². The molecule has 5 nitrogen and oxygen atoms in total. The van der Waals surface area contributed by atoms with E-state index in [1.54, 1.807) is 6.07 Å². The smallest absolute Gasteiger partial charge is 0.249 e. The number of aromatic nitrogens is 2. The van der Waals surface area contributed by atoms with Gasteiger partial charge in [-0.1, -0.05) is 42.5 Å². The van der Waals surface area contributed by atoms with Gasteiger partial charge in [-0.05, 0) is 42.1 Å². The van der Waals surface area contributed by atoms with Crippen LogP contribution in [-0.2, 0) is 0 Å². The maximum Gasteiger partial charge on any atom is 0.249 e. The molecule has 125 valence electrons. The molecule has 1 aliphatic heterocycles. The molecule has 1 amide bonds. The molecule has 5 heteroatoms. The van der Waals surface area contributed by atoms with Crippen LogP contribution in [-0.4, -0.2) is 22.4 Å². The summed E-state index contributed by atoms with van der Waals surface area (Å²) in [5.41, 5.74) is 9.63. The van der Waals surface area contributed by atoms with Crippen molar-refractivity contribution in [1.29, 1.82) is 0 Å². The van der Waals surface area contributed by atoms with Gasteiger partial charge in [0, 0.05) is 0 Å². The van der Waals surface area contributed by atoms with E-state index in [9.17, 15) is 4.79 Å². The molecule has 1 saturated heterocycles. The summed E-state index contributed by atoms with van der Waals surface area (Å²) in [7, 11) is 0. The van der Waals surface area contributed by atoms with Gasteiger partial charge in [0.15, 0.2) is 0 Å². The Morgan fingerprint density at radius 3 is 2.72 bits per heavy atom. The summed E-state index contributed by atoms with van der Waals surface area (Å²) >= 11 is 0. The number of primary amides is 1.